The SMILES string of the molecule is O=C(O)c1c(Br)cccc1NCc1ccncn1. The van der Waals surface area contributed by atoms with E-state index in [4.69, 9.17) is 5.11 Å². The van der Waals surface area contributed by atoms with Crippen LogP contribution in [-0.4, -0.2) is 21.0 Å². The Morgan fingerprint density at radius 2 is 2.22 bits per heavy atom. The molecule has 1 aromatic heterocycles. The van der Waals surface area contributed by atoms with E-state index >= 15 is 0 Å². The molecule has 1 heterocycles. The van der Waals surface area contributed by atoms with E-state index in [1.54, 1.807) is 30.5 Å². The van der Waals surface area contributed by atoms with Gasteiger partial charge in [0.05, 0.1) is 23.5 Å². The third-order valence-electron chi connectivity index (χ3n) is 2.33. The molecule has 0 spiro atoms. The first kappa shape index (κ1) is 12.5. The van der Waals surface area contributed by atoms with Gasteiger partial charge in [-0.05, 0) is 34.1 Å². The van der Waals surface area contributed by atoms with Crippen molar-refractivity contribution in [3.63, 3.8) is 0 Å². The smallest absolute Gasteiger partial charge is 0.338 e. The molecule has 0 bridgehead atoms. The van der Waals surface area contributed by atoms with Crippen molar-refractivity contribution in [3.05, 3.63) is 52.5 Å². The Morgan fingerprint density at radius 3 is 2.89 bits per heavy atom. The molecule has 0 saturated carbocycles. The molecule has 0 saturated heterocycles. The predicted molar refractivity (Wildman–Crippen MR) is 70.5 cm³/mol. The van der Waals surface area contributed by atoms with Gasteiger partial charge in [0.25, 0.3) is 0 Å². The van der Waals surface area contributed by atoms with Crippen LogP contribution in [0, 0.1) is 0 Å². The lowest BCUT2D eigenvalue weighted by molar-refractivity contribution is 0.0697. The lowest BCUT2D eigenvalue weighted by atomic mass is 10.2. The van der Waals surface area contributed by atoms with Crippen LogP contribution in [0.15, 0.2) is 41.3 Å². The Labute approximate surface area is 112 Å². The van der Waals surface area contributed by atoms with Gasteiger partial charge in [0.1, 0.15) is 6.33 Å². The summed E-state index contributed by atoms with van der Waals surface area (Å²) in [5.41, 5.74) is 1.56. The number of anilines is 1. The van der Waals surface area contributed by atoms with Gasteiger partial charge < -0.3 is 10.4 Å². The summed E-state index contributed by atoms with van der Waals surface area (Å²) in [5.74, 6) is -0.979. The maximum absolute atomic E-state index is 11.2. The van der Waals surface area contributed by atoms with Crippen LogP contribution in [0.3, 0.4) is 0 Å². The summed E-state index contributed by atoms with van der Waals surface area (Å²) in [4.78, 5) is 19.0. The summed E-state index contributed by atoms with van der Waals surface area (Å²) in [7, 11) is 0. The van der Waals surface area contributed by atoms with E-state index in [-0.39, 0.29) is 5.56 Å². The fourth-order valence-corrected chi connectivity index (χ4v) is 2.03. The van der Waals surface area contributed by atoms with E-state index in [9.17, 15) is 4.79 Å². The first-order chi connectivity index (χ1) is 8.68. The number of carbonyl (C=O) groups is 1. The van der Waals surface area contributed by atoms with Crippen LogP contribution in [0.5, 0.6) is 0 Å². The molecule has 1 aromatic carbocycles. The molecule has 2 aromatic rings. The maximum atomic E-state index is 11.2. The van der Waals surface area contributed by atoms with Crippen molar-refractivity contribution in [1.29, 1.82) is 0 Å². The van der Waals surface area contributed by atoms with Gasteiger partial charge in [-0.1, -0.05) is 6.07 Å². The largest absolute Gasteiger partial charge is 0.478 e. The summed E-state index contributed by atoms with van der Waals surface area (Å²) in [6.07, 6.45) is 3.10. The number of hydrogen-bond donors (Lipinski definition) is 2. The summed E-state index contributed by atoms with van der Waals surface area (Å²) in [6.45, 7) is 0.444. The molecule has 0 aliphatic rings. The molecule has 0 aliphatic heterocycles. The molecule has 0 fully saturated rings. The number of benzene rings is 1. The maximum Gasteiger partial charge on any atom is 0.338 e. The zero-order valence-corrected chi connectivity index (χ0v) is 10.9. The highest BCUT2D eigenvalue weighted by molar-refractivity contribution is 9.10. The fraction of sp³-hybridized carbons (Fsp3) is 0.0833. The quantitative estimate of drug-likeness (QED) is 0.908. The molecule has 0 amide bonds. The van der Waals surface area contributed by atoms with Crippen LogP contribution in [0.4, 0.5) is 5.69 Å². The molecule has 6 heteroatoms. The van der Waals surface area contributed by atoms with Crippen LogP contribution >= 0.6 is 15.9 Å². The second-order valence-electron chi connectivity index (χ2n) is 3.52. The van der Waals surface area contributed by atoms with Gasteiger partial charge in [-0.2, -0.15) is 0 Å². The third-order valence-corrected chi connectivity index (χ3v) is 2.99. The monoisotopic (exact) mass is 307 g/mol. The van der Waals surface area contributed by atoms with E-state index < -0.39 is 5.97 Å². The van der Waals surface area contributed by atoms with Crippen LogP contribution in [-0.2, 0) is 6.54 Å². The van der Waals surface area contributed by atoms with Gasteiger partial charge in [-0.3, -0.25) is 0 Å². The van der Waals surface area contributed by atoms with Crippen molar-refractivity contribution >= 4 is 27.6 Å². The number of aromatic nitrogens is 2. The van der Waals surface area contributed by atoms with Crippen molar-refractivity contribution < 1.29 is 9.90 Å². The number of carboxylic acids is 1. The molecule has 0 atom stereocenters. The summed E-state index contributed by atoms with van der Waals surface area (Å²) < 4.78 is 0.544. The van der Waals surface area contributed by atoms with E-state index in [2.05, 4.69) is 31.2 Å². The van der Waals surface area contributed by atoms with Gasteiger partial charge >= 0.3 is 5.97 Å². The van der Waals surface area contributed by atoms with Crippen LogP contribution in [0.25, 0.3) is 0 Å². The highest BCUT2D eigenvalue weighted by Crippen LogP contribution is 2.25. The van der Waals surface area contributed by atoms with Gasteiger partial charge in [0, 0.05) is 10.7 Å². The summed E-state index contributed by atoms with van der Waals surface area (Å²) in [5, 5.41) is 12.2. The van der Waals surface area contributed by atoms with Crippen LogP contribution in [0.1, 0.15) is 16.1 Å². The van der Waals surface area contributed by atoms with Crippen molar-refractivity contribution in [1.82, 2.24) is 9.97 Å². The van der Waals surface area contributed by atoms with Crippen molar-refractivity contribution in [2.45, 2.75) is 6.54 Å². The highest BCUT2D eigenvalue weighted by Gasteiger charge is 2.13. The lowest BCUT2D eigenvalue weighted by Crippen LogP contribution is -2.08. The summed E-state index contributed by atoms with van der Waals surface area (Å²) >= 11 is 3.23. The topological polar surface area (TPSA) is 75.1 Å². The Hall–Kier alpha value is -1.95. The number of nitrogens with zero attached hydrogens (tertiary/aromatic N) is 2. The van der Waals surface area contributed by atoms with Gasteiger partial charge in [-0.25, -0.2) is 14.8 Å². The van der Waals surface area contributed by atoms with Gasteiger partial charge in [-0.15, -0.1) is 0 Å². The molecule has 2 rings (SSSR count). The number of halogens is 1. The Morgan fingerprint density at radius 1 is 1.39 bits per heavy atom. The van der Waals surface area contributed by atoms with E-state index in [1.807, 2.05) is 0 Å². The molecule has 0 aliphatic carbocycles. The average molecular weight is 308 g/mol. The van der Waals surface area contributed by atoms with E-state index in [0.717, 1.165) is 5.69 Å². The molecular weight excluding hydrogens is 298 g/mol. The average Bonchev–Trinajstić information content (AvgIpc) is 2.37. The zero-order valence-electron chi connectivity index (χ0n) is 9.30. The van der Waals surface area contributed by atoms with Crippen LogP contribution < -0.4 is 5.32 Å². The number of hydrogen-bond acceptors (Lipinski definition) is 4. The number of rotatable bonds is 4. The predicted octanol–water partition coefficient (Wildman–Crippen LogP) is 2.55. The van der Waals surface area contributed by atoms with E-state index in [0.29, 0.717) is 16.7 Å². The van der Waals surface area contributed by atoms with Gasteiger partial charge in [0.15, 0.2) is 0 Å². The standard InChI is InChI=1S/C12H10BrN3O2/c13-9-2-1-3-10(11(9)12(17)18)15-6-8-4-5-14-7-16-8/h1-5,7,15H,6H2,(H,17,18). The minimum atomic E-state index is -0.979. The third kappa shape index (κ3) is 2.84. The molecule has 0 radical (unpaired) electrons. The summed E-state index contributed by atoms with van der Waals surface area (Å²) in [6, 6.07) is 6.96. The number of carboxylic acid groups (broad SMARTS) is 1. The van der Waals surface area contributed by atoms with Crippen molar-refractivity contribution in [2.24, 2.45) is 0 Å². The first-order valence-corrected chi connectivity index (χ1v) is 5.98. The van der Waals surface area contributed by atoms with Crippen LogP contribution in [0.2, 0.25) is 0 Å². The minimum Gasteiger partial charge on any atom is -0.478 e. The minimum absolute atomic E-state index is 0.214. The molecule has 5 nitrogen and oxygen atoms in total. The normalized spacial score (nSPS) is 10.1. The second kappa shape index (κ2) is 5.59. The Kier molecular flexibility index (Phi) is 3.88. The molecule has 92 valence electrons. The van der Waals surface area contributed by atoms with E-state index in [1.165, 1.54) is 6.33 Å². The Bertz CT molecular complexity index is 561. The van der Waals surface area contributed by atoms with Crippen molar-refractivity contribution in [2.75, 3.05) is 5.32 Å². The second-order valence-corrected chi connectivity index (χ2v) is 4.38. The fourth-order valence-electron chi connectivity index (χ4n) is 1.50. The molecule has 2 N–H and O–H groups in total. The number of aromatic carboxylic acids is 1. The molecule has 18 heavy (non-hydrogen) atoms. The molecule has 0 unspecified atom stereocenters. The van der Waals surface area contributed by atoms with Crippen molar-refractivity contribution in [3.8, 4) is 0 Å². The number of nitrogens with one attached hydrogen (secondary N) is 1. The molecular formula is C12H10BrN3O2. The van der Waals surface area contributed by atoms with Gasteiger partial charge in [0.2, 0.25) is 0 Å². The zero-order chi connectivity index (χ0) is 13.0. The Balaban J connectivity index is 2.20. The lowest BCUT2D eigenvalue weighted by Gasteiger charge is -2.10. The first-order valence-electron chi connectivity index (χ1n) is 5.19. The highest BCUT2D eigenvalue weighted by atomic mass is 79.9.